The van der Waals surface area contributed by atoms with Gasteiger partial charge in [0, 0.05) is 26.1 Å². The zero-order valence-electron chi connectivity index (χ0n) is 14.4. The fraction of sp³-hybridized carbons (Fsp3) is 0.333. The minimum absolute atomic E-state index is 0.0260. The highest BCUT2D eigenvalue weighted by Crippen LogP contribution is 2.22. The van der Waals surface area contributed by atoms with Crippen LogP contribution in [-0.2, 0) is 14.6 Å². The molecule has 0 saturated carbocycles. The third-order valence-electron chi connectivity index (χ3n) is 4.13. The summed E-state index contributed by atoms with van der Waals surface area (Å²) in [4.78, 5) is 26.8. The molecular formula is C18H21NO4S2. The second kappa shape index (κ2) is 7.93. The van der Waals surface area contributed by atoms with E-state index in [0.29, 0.717) is 4.88 Å². The molecule has 0 aliphatic rings. The van der Waals surface area contributed by atoms with Crippen LogP contribution in [0.3, 0.4) is 0 Å². The van der Waals surface area contributed by atoms with Gasteiger partial charge in [-0.3, -0.25) is 9.59 Å². The molecule has 1 heterocycles. The SMILES string of the molecule is CC(c1ccc(S(C)(=O)=O)cc1)N(C)C(=O)CCC(=O)c1cccs1. The molecule has 1 unspecified atom stereocenters. The summed E-state index contributed by atoms with van der Waals surface area (Å²) in [6.07, 6.45) is 1.49. The largest absolute Gasteiger partial charge is 0.339 e. The molecule has 5 nitrogen and oxygen atoms in total. The molecule has 1 aromatic heterocycles. The first-order valence-corrected chi connectivity index (χ1v) is 10.6. The maximum absolute atomic E-state index is 12.3. The van der Waals surface area contributed by atoms with Crippen LogP contribution in [0.15, 0.2) is 46.7 Å². The highest BCUT2D eigenvalue weighted by molar-refractivity contribution is 7.90. The maximum Gasteiger partial charge on any atom is 0.223 e. The van der Waals surface area contributed by atoms with Crippen LogP contribution in [0.25, 0.3) is 0 Å². The number of benzene rings is 1. The quantitative estimate of drug-likeness (QED) is 0.692. The molecule has 1 amide bonds. The van der Waals surface area contributed by atoms with Gasteiger partial charge in [-0.2, -0.15) is 0 Å². The third-order valence-corrected chi connectivity index (χ3v) is 6.17. The van der Waals surface area contributed by atoms with E-state index < -0.39 is 9.84 Å². The van der Waals surface area contributed by atoms with Crippen LogP contribution >= 0.6 is 11.3 Å². The van der Waals surface area contributed by atoms with Gasteiger partial charge in [0.05, 0.1) is 15.8 Å². The second-order valence-electron chi connectivity index (χ2n) is 5.92. The number of amides is 1. The van der Waals surface area contributed by atoms with Crippen molar-refractivity contribution in [1.82, 2.24) is 4.90 Å². The molecule has 1 aromatic carbocycles. The Balaban J connectivity index is 1.97. The number of ketones is 1. The molecule has 0 radical (unpaired) electrons. The van der Waals surface area contributed by atoms with E-state index in [1.54, 1.807) is 42.3 Å². The van der Waals surface area contributed by atoms with Crippen molar-refractivity contribution >= 4 is 32.9 Å². The van der Waals surface area contributed by atoms with Crippen molar-refractivity contribution in [2.45, 2.75) is 30.7 Å². The zero-order valence-corrected chi connectivity index (χ0v) is 16.1. The van der Waals surface area contributed by atoms with E-state index in [9.17, 15) is 18.0 Å². The number of sulfone groups is 1. The zero-order chi connectivity index (χ0) is 18.6. The Bertz CT molecular complexity index is 840. The van der Waals surface area contributed by atoms with Gasteiger partial charge in [0.1, 0.15) is 0 Å². The van der Waals surface area contributed by atoms with E-state index in [4.69, 9.17) is 0 Å². The normalized spacial score (nSPS) is 12.6. The minimum Gasteiger partial charge on any atom is -0.339 e. The molecule has 0 aliphatic carbocycles. The van der Waals surface area contributed by atoms with Crippen LogP contribution in [0, 0.1) is 0 Å². The van der Waals surface area contributed by atoms with Crippen molar-refractivity contribution in [3.05, 3.63) is 52.2 Å². The summed E-state index contributed by atoms with van der Waals surface area (Å²) < 4.78 is 23.0. The molecule has 2 aromatic rings. The number of rotatable bonds is 7. The molecule has 0 spiro atoms. The van der Waals surface area contributed by atoms with E-state index in [1.165, 1.54) is 11.3 Å². The predicted octanol–water partition coefficient (Wildman–Crippen LogP) is 3.33. The smallest absolute Gasteiger partial charge is 0.223 e. The summed E-state index contributed by atoms with van der Waals surface area (Å²) >= 11 is 1.37. The van der Waals surface area contributed by atoms with Crippen LogP contribution in [-0.4, -0.2) is 38.3 Å². The Morgan fingerprint density at radius 1 is 1.12 bits per heavy atom. The van der Waals surface area contributed by atoms with E-state index in [2.05, 4.69) is 0 Å². The molecule has 0 aliphatic heterocycles. The fourth-order valence-electron chi connectivity index (χ4n) is 2.39. The first-order valence-electron chi connectivity index (χ1n) is 7.82. The van der Waals surface area contributed by atoms with E-state index in [1.807, 2.05) is 18.4 Å². The van der Waals surface area contributed by atoms with Crippen molar-refractivity contribution in [2.24, 2.45) is 0 Å². The van der Waals surface area contributed by atoms with Crippen LogP contribution in [0.4, 0.5) is 0 Å². The summed E-state index contributed by atoms with van der Waals surface area (Å²) in [5, 5.41) is 1.84. The minimum atomic E-state index is -3.24. The monoisotopic (exact) mass is 379 g/mol. The Morgan fingerprint density at radius 2 is 1.76 bits per heavy atom. The Hall–Kier alpha value is -1.99. The van der Waals surface area contributed by atoms with Crippen molar-refractivity contribution in [1.29, 1.82) is 0 Å². The molecule has 0 saturated heterocycles. The highest BCUT2D eigenvalue weighted by atomic mass is 32.2. The third kappa shape index (κ3) is 4.99. The van der Waals surface area contributed by atoms with Crippen molar-refractivity contribution < 1.29 is 18.0 Å². The molecule has 7 heteroatoms. The lowest BCUT2D eigenvalue weighted by Gasteiger charge is -2.25. The molecule has 134 valence electrons. The number of Topliss-reactive ketones (excluding diaryl/α,β-unsaturated/α-hetero) is 1. The van der Waals surface area contributed by atoms with Gasteiger partial charge in [-0.1, -0.05) is 18.2 Å². The van der Waals surface area contributed by atoms with Crippen LogP contribution in [0.2, 0.25) is 0 Å². The maximum atomic E-state index is 12.3. The van der Waals surface area contributed by atoms with Crippen molar-refractivity contribution in [3.8, 4) is 0 Å². The number of carbonyl (C=O) groups excluding carboxylic acids is 2. The second-order valence-corrected chi connectivity index (χ2v) is 8.89. The van der Waals surface area contributed by atoms with Crippen LogP contribution in [0.1, 0.15) is 41.0 Å². The highest BCUT2D eigenvalue weighted by Gasteiger charge is 2.19. The molecule has 0 N–H and O–H groups in total. The molecule has 0 fully saturated rings. The van der Waals surface area contributed by atoms with Crippen LogP contribution < -0.4 is 0 Å². The van der Waals surface area contributed by atoms with Crippen molar-refractivity contribution in [2.75, 3.05) is 13.3 Å². The van der Waals surface area contributed by atoms with Gasteiger partial charge in [0.25, 0.3) is 0 Å². The molecule has 25 heavy (non-hydrogen) atoms. The van der Waals surface area contributed by atoms with Crippen molar-refractivity contribution in [3.63, 3.8) is 0 Å². The average molecular weight is 380 g/mol. The van der Waals surface area contributed by atoms with E-state index in [0.717, 1.165) is 11.8 Å². The molecule has 0 bridgehead atoms. The Morgan fingerprint density at radius 3 is 2.28 bits per heavy atom. The lowest BCUT2D eigenvalue weighted by Crippen LogP contribution is -2.29. The Labute approximate surface area is 152 Å². The summed E-state index contributed by atoms with van der Waals surface area (Å²) in [5.41, 5.74) is 0.841. The summed E-state index contributed by atoms with van der Waals surface area (Å²) in [7, 11) is -1.55. The molecule has 2 rings (SSSR count). The van der Waals surface area contributed by atoms with Gasteiger partial charge < -0.3 is 4.90 Å². The average Bonchev–Trinajstić information content (AvgIpc) is 3.12. The lowest BCUT2D eigenvalue weighted by atomic mass is 10.1. The number of hydrogen-bond acceptors (Lipinski definition) is 5. The van der Waals surface area contributed by atoms with Gasteiger partial charge in [0.2, 0.25) is 5.91 Å². The predicted molar refractivity (Wildman–Crippen MR) is 98.6 cm³/mol. The first-order chi connectivity index (χ1) is 11.7. The number of carbonyl (C=O) groups is 2. The van der Waals surface area contributed by atoms with Gasteiger partial charge in [-0.25, -0.2) is 8.42 Å². The first kappa shape index (κ1) is 19.3. The van der Waals surface area contributed by atoms with E-state index >= 15 is 0 Å². The lowest BCUT2D eigenvalue weighted by molar-refractivity contribution is -0.131. The summed E-state index contributed by atoms with van der Waals surface area (Å²) in [6.45, 7) is 1.87. The Kier molecular flexibility index (Phi) is 6.13. The van der Waals surface area contributed by atoms with Crippen LogP contribution in [0.5, 0.6) is 0 Å². The van der Waals surface area contributed by atoms with E-state index in [-0.39, 0.29) is 35.5 Å². The number of nitrogens with zero attached hydrogens (tertiary/aromatic N) is 1. The summed E-state index contributed by atoms with van der Waals surface area (Å²) in [6, 6.07) is 9.86. The summed E-state index contributed by atoms with van der Waals surface area (Å²) in [5.74, 6) is -0.147. The standard InChI is InChI=1S/C18H21NO4S2/c1-13(14-6-8-15(9-7-14)25(3,22)23)19(2)18(21)11-10-16(20)17-5-4-12-24-17/h4-9,12-13H,10-11H2,1-3H3. The fourth-order valence-corrected chi connectivity index (χ4v) is 3.72. The van der Waals surface area contributed by atoms with Gasteiger partial charge in [0.15, 0.2) is 15.6 Å². The number of hydrogen-bond donors (Lipinski definition) is 0. The van der Waals surface area contributed by atoms with Gasteiger partial charge in [-0.05, 0) is 36.1 Å². The van der Waals surface area contributed by atoms with Gasteiger partial charge in [-0.15, -0.1) is 11.3 Å². The topological polar surface area (TPSA) is 71.5 Å². The molecule has 1 atom stereocenters. The van der Waals surface area contributed by atoms with Gasteiger partial charge >= 0.3 is 0 Å². The molecular weight excluding hydrogens is 358 g/mol. The number of thiophene rings is 1.